The van der Waals surface area contributed by atoms with E-state index in [1.54, 1.807) is 12.1 Å². The third-order valence-corrected chi connectivity index (χ3v) is 7.23. The van der Waals surface area contributed by atoms with Crippen molar-refractivity contribution in [1.82, 2.24) is 4.90 Å². The summed E-state index contributed by atoms with van der Waals surface area (Å²) in [6.45, 7) is -0.320. The molecular formula is C25H21NO4. The molecule has 2 amide bonds. The van der Waals surface area contributed by atoms with Gasteiger partial charge in [0.1, 0.15) is 12.3 Å². The number of rotatable bonds is 4. The Morgan fingerprint density at radius 3 is 2.00 bits per heavy atom. The third kappa shape index (κ3) is 2.58. The Labute approximate surface area is 174 Å². The molecule has 0 radical (unpaired) electrons. The lowest BCUT2D eigenvalue weighted by Gasteiger charge is -2.37. The average Bonchev–Trinajstić information content (AvgIpc) is 3.56. The SMILES string of the molecule is O=C(CN1C(=O)C2C3C=CC(C4CC34)C2C1=O)Oc1ccc(-c2ccccc2)cc1. The average molecular weight is 399 g/mol. The number of likely N-dealkylation sites (tertiary alicyclic amines) is 1. The van der Waals surface area contributed by atoms with E-state index in [-0.39, 0.29) is 42.0 Å². The fourth-order valence-corrected chi connectivity index (χ4v) is 5.81. The molecule has 0 N–H and O–H groups in total. The number of ether oxygens (including phenoxy) is 1. The quantitative estimate of drug-likeness (QED) is 0.342. The highest BCUT2D eigenvalue weighted by atomic mass is 16.5. The van der Waals surface area contributed by atoms with E-state index in [0.717, 1.165) is 22.4 Å². The van der Waals surface area contributed by atoms with Crippen LogP contribution in [0.15, 0.2) is 66.7 Å². The Balaban J connectivity index is 1.14. The minimum atomic E-state index is -0.590. The van der Waals surface area contributed by atoms with Gasteiger partial charge in [-0.25, -0.2) is 4.79 Å². The molecule has 150 valence electrons. The van der Waals surface area contributed by atoms with Crippen molar-refractivity contribution in [3.63, 3.8) is 0 Å². The lowest BCUT2D eigenvalue weighted by molar-refractivity contribution is -0.148. The molecule has 6 atom stereocenters. The molecule has 30 heavy (non-hydrogen) atoms. The number of benzene rings is 2. The van der Waals surface area contributed by atoms with Crippen molar-refractivity contribution in [3.05, 3.63) is 66.7 Å². The van der Waals surface area contributed by atoms with E-state index < -0.39 is 5.97 Å². The number of nitrogens with zero attached hydrogens (tertiary/aromatic N) is 1. The van der Waals surface area contributed by atoms with Gasteiger partial charge >= 0.3 is 5.97 Å². The van der Waals surface area contributed by atoms with Crippen LogP contribution in [0.1, 0.15) is 6.42 Å². The number of esters is 1. The first-order valence-corrected chi connectivity index (χ1v) is 10.5. The normalized spacial score (nSPS) is 32.7. The summed E-state index contributed by atoms with van der Waals surface area (Å²) < 4.78 is 5.42. The van der Waals surface area contributed by atoms with Crippen LogP contribution in [0.25, 0.3) is 11.1 Å². The number of carbonyl (C=O) groups excluding carboxylic acids is 3. The molecule has 5 aliphatic rings. The molecule has 2 saturated carbocycles. The van der Waals surface area contributed by atoms with Crippen LogP contribution in [-0.2, 0) is 14.4 Å². The summed E-state index contributed by atoms with van der Waals surface area (Å²) in [5.41, 5.74) is 2.10. The van der Waals surface area contributed by atoms with Gasteiger partial charge in [-0.1, -0.05) is 54.6 Å². The van der Waals surface area contributed by atoms with Gasteiger partial charge in [0, 0.05) is 0 Å². The van der Waals surface area contributed by atoms with E-state index in [9.17, 15) is 14.4 Å². The van der Waals surface area contributed by atoms with Gasteiger partial charge in [-0.05, 0) is 53.4 Å². The molecule has 1 saturated heterocycles. The van der Waals surface area contributed by atoms with Crippen molar-refractivity contribution >= 4 is 17.8 Å². The predicted octanol–water partition coefficient (Wildman–Crippen LogP) is 3.31. The highest BCUT2D eigenvalue weighted by Gasteiger charge is 2.67. The summed E-state index contributed by atoms with van der Waals surface area (Å²) in [7, 11) is 0. The number of carbonyl (C=O) groups is 3. The number of amides is 2. The topological polar surface area (TPSA) is 63.7 Å². The molecule has 4 aliphatic carbocycles. The molecule has 5 nitrogen and oxygen atoms in total. The van der Waals surface area contributed by atoms with Crippen LogP contribution in [0.4, 0.5) is 0 Å². The monoisotopic (exact) mass is 399 g/mol. The Bertz CT molecular complexity index is 1040. The number of imide groups is 1. The van der Waals surface area contributed by atoms with Crippen LogP contribution in [0.2, 0.25) is 0 Å². The zero-order chi connectivity index (χ0) is 20.4. The molecule has 3 fully saturated rings. The second-order valence-corrected chi connectivity index (χ2v) is 8.78. The largest absolute Gasteiger partial charge is 0.425 e. The first-order chi connectivity index (χ1) is 14.6. The van der Waals surface area contributed by atoms with Gasteiger partial charge in [-0.15, -0.1) is 0 Å². The summed E-state index contributed by atoms with van der Waals surface area (Å²) in [5.74, 6) is 0.259. The Hall–Kier alpha value is -3.21. The molecule has 2 aromatic rings. The maximum atomic E-state index is 13.0. The number of hydrogen-bond acceptors (Lipinski definition) is 4. The lowest BCUT2D eigenvalue weighted by Crippen LogP contribution is -2.40. The predicted molar refractivity (Wildman–Crippen MR) is 109 cm³/mol. The second kappa shape index (κ2) is 6.39. The lowest BCUT2D eigenvalue weighted by atomic mass is 9.63. The van der Waals surface area contributed by atoms with Gasteiger partial charge in [-0.2, -0.15) is 0 Å². The summed E-state index contributed by atoms with van der Waals surface area (Å²) in [5, 5.41) is 0. The molecule has 1 heterocycles. The van der Waals surface area contributed by atoms with Gasteiger partial charge in [-0.3, -0.25) is 14.5 Å². The summed E-state index contributed by atoms with van der Waals surface area (Å²) in [6, 6.07) is 17.1. The Morgan fingerprint density at radius 2 is 1.40 bits per heavy atom. The number of hydrogen-bond donors (Lipinski definition) is 0. The smallest absolute Gasteiger partial charge is 0.331 e. The van der Waals surface area contributed by atoms with E-state index in [1.165, 1.54) is 0 Å². The highest BCUT2D eigenvalue weighted by Crippen LogP contribution is 2.65. The highest BCUT2D eigenvalue weighted by molar-refractivity contribution is 6.08. The van der Waals surface area contributed by atoms with E-state index >= 15 is 0 Å². The standard InChI is InChI=1S/C25H21NO4/c27-21(30-16-8-6-15(7-9-16)14-4-2-1-3-5-14)13-26-24(28)22-17-10-11-18(20-12-19(17)20)23(22)25(26)29/h1-11,17-20,22-23H,12-13H2. The van der Waals surface area contributed by atoms with E-state index in [2.05, 4.69) is 12.2 Å². The molecule has 2 aromatic carbocycles. The second-order valence-electron chi connectivity index (χ2n) is 8.78. The number of allylic oxidation sites excluding steroid dienone is 2. The van der Waals surface area contributed by atoms with Crippen LogP contribution < -0.4 is 4.74 Å². The zero-order valence-corrected chi connectivity index (χ0v) is 16.3. The first kappa shape index (κ1) is 17.6. The van der Waals surface area contributed by atoms with Crippen molar-refractivity contribution < 1.29 is 19.1 Å². The molecule has 0 spiro atoms. The first-order valence-electron chi connectivity index (χ1n) is 10.5. The third-order valence-electron chi connectivity index (χ3n) is 7.23. The molecule has 0 aromatic heterocycles. The van der Waals surface area contributed by atoms with Gasteiger partial charge in [0.05, 0.1) is 11.8 Å². The van der Waals surface area contributed by atoms with Crippen LogP contribution in [0, 0.1) is 35.5 Å². The molecular weight excluding hydrogens is 378 g/mol. The maximum absolute atomic E-state index is 13.0. The van der Waals surface area contributed by atoms with Gasteiger partial charge in [0.15, 0.2) is 0 Å². The van der Waals surface area contributed by atoms with Crippen molar-refractivity contribution in [2.75, 3.05) is 6.54 Å². The van der Waals surface area contributed by atoms with Crippen LogP contribution in [0.3, 0.4) is 0 Å². The Morgan fingerprint density at radius 1 is 0.833 bits per heavy atom. The van der Waals surface area contributed by atoms with E-state index in [1.807, 2.05) is 42.5 Å². The fraction of sp³-hybridized carbons (Fsp3) is 0.320. The minimum Gasteiger partial charge on any atom is -0.425 e. The van der Waals surface area contributed by atoms with Crippen LogP contribution in [-0.4, -0.2) is 29.2 Å². The Kier molecular flexibility index (Phi) is 3.76. The summed E-state index contributed by atoms with van der Waals surface area (Å²) in [4.78, 5) is 39.5. The molecule has 5 heteroatoms. The van der Waals surface area contributed by atoms with Gasteiger partial charge in [0.25, 0.3) is 0 Å². The minimum absolute atomic E-state index is 0.160. The molecule has 2 bridgehead atoms. The maximum Gasteiger partial charge on any atom is 0.331 e. The molecule has 7 rings (SSSR count). The van der Waals surface area contributed by atoms with Crippen LogP contribution >= 0.6 is 0 Å². The van der Waals surface area contributed by atoms with Crippen molar-refractivity contribution in [3.8, 4) is 16.9 Å². The van der Waals surface area contributed by atoms with E-state index in [0.29, 0.717) is 17.6 Å². The van der Waals surface area contributed by atoms with Crippen molar-refractivity contribution in [2.45, 2.75) is 6.42 Å². The molecule has 6 unspecified atom stereocenters. The van der Waals surface area contributed by atoms with E-state index in [4.69, 9.17) is 4.74 Å². The van der Waals surface area contributed by atoms with Crippen molar-refractivity contribution in [2.24, 2.45) is 35.5 Å². The molecule has 1 aliphatic heterocycles. The zero-order valence-electron chi connectivity index (χ0n) is 16.3. The van der Waals surface area contributed by atoms with Crippen molar-refractivity contribution in [1.29, 1.82) is 0 Å². The summed E-state index contributed by atoms with van der Waals surface area (Å²) in [6.07, 6.45) is 5.37. The van der Waals surface area contributed by atoms with Gasteiger partial charge in [0.2, 0.25) is 11.8 Å². The summed E-state index contributed by atoms with van der Waals surface area (Å²) >= 11 is 0. The van der Waals surface area contributed by atoms with Gasteiger partial charge < -0.3 is 4.74 Å². The van der Waals surface area contributed by atoms with Crippen LogP contribution in [0.5, 0.6) is 5.75 Å². The fourth-order valence-electron chi connectivity index (χ4n) is 5.81.